The summed E-state index contributed by atoms with van der Waals surface area (Å²) in [7, 11) is 0. The molecular weight excluding hydrogens is 471 g/mol. The van der Waals surface area contributed by atoms with Gasteiger partial charge < -0.3 is 20.8 Å². The van der Waals surface area contributed by atoms with Crippen molar-refractivity contribution in [3.05, 3.63) is 33.8 Å². The lowest BCUT2D eigenvalue weighted by atomic mass is 9.65. The van der Waals surface area contributed by atoms with Gasteiger partial charge in [-0.05, 0) is 56.6 Å². The Bertz CT molecular complexity index is 915. The molecule has 10 heteroatoms. The summed E-state index contributed by atoms with van der Waals surface area (Å²) >= 11 is 12.0. The van der Waals surface area contributed by atoms with E-state index in [1.54, 1.807) is 39.0 Å². The van der Waals surface area contributed by atoms with Gasteiger partial charge in [0.05, 0.1) is 21.0 Å². The van der Waals surface area contributed by atoms with Gasteiger partial charge in [-0.1, -0.05) is 43.1 Å². The van der Waals surface area contributed by atoms with Crippen LogP contribution in [0.25, 0.3) is 0 Å². The van der Waals surface area contributed by atoms with Crippen LogP contribution in [0.15, 0.2) is 18.2 Å². The summed E-state index contributed by atoms with van der Waals surface area (Å²) in [5.74, 6) is -3.58. The van der Waals surface area contributed by atoms with E-state index in [-0.39, 0.29) is 28.6 Å². The average Bonchev–Trinajstić information content (AvgIpc) is 2.96. The van der Waals surface area contributed by atoms with Crippen molar-refractivity contribution in [2.75, 3.05) is 6.54 Å². The maximum absolute atomic E-state index is 12.8. The van der Waals surface area contributed by atoms with Crippen molar-refractivity contribution in [3.8, 4) is 0 Å². The summed E-state index contributed by atoms with van der Waals surface area (Å²) in [5.41, 5.74) is -1.70. The van der Waals surface area contributed by atoms with Gasteiger partial charge in [0.25, 0.3) is 5.91 Å². The van der Waals surface area contributed by atoms with Crippen LogP contribution in [-0.4, -0.2) is 46.6 Å². The van der Waals surface area contributed by atoms with Crippen LogP contribution in [0.4, 0.5) is 0 Å². The van der Waals surface area contributed by atoms with Crippen LogP contribution in [0.2, 0.25) is 10.0 Å². The fourth-order valence-electron chi connectivity index (χ4n) is 4.35. The normalized spacial score (nSPS) is 22.4. The molecule has 1 aliphatic rings. The van der Waals surface area contributed by atoms with Crippen LogP contribution in [0.5, 0.6) is 0 Å². The highest BCUT2D eigenvalue weighted by molar-refractivity contribution is 6.39. The first kappa shape index (κ1) is 26.9. The van der Waals surface area contributed by atoms with Crippen molar-refractivity contribution in [1.82, 2.24) is 10.6 Å². The molecule has 1 aromatic carbocycles. The maximum atomic E-state index is 12.8. The standard InChI is InChI=1S/C23H30Cl2N2O6/c1-22(2)13(10-11-23(22,3)21(32)33)18(28)27-16(20(30)31)9-4-5-12-26-19(29)17-14(24)7-6-8-15(17)25/h6-8,13,16H,4-5,9-12H2,1-3H3,(H,26,29)(H,27,28)(H,30,31)(H,32,33). The fraction of sp³-hybridized carbons (Fsp3) is 0.565. The van der Waals surface area contributed by atoms with Gasteiger partial charge in [0.1, 0.15) is 6.04 Å². The molecule has 2 rings (SSSR count). The molecule has 33 heavy (non-hydrogen) atoms. The molecule has 182 valence electrons. The van der Waals surface area contributed by atoms with Gasteiger partial charge in [0, 0.05) is 12.5 Å². The zero-order valence-corrected chi connectivity index (χ0v) is 20.4. The Morgan fingerprint density at radius 3 is 2.21 bits per heavy atom. The minimum Gasteiger partial charge on any atom is -0.481 e. The Morgan fingerprint density at radius 1 is 1.09 bits per heavy atom. The van der Waals surface area contributed by atoms with Crippen molar-refractivity contribution in [2.24, 2.45) is 16.7 Å². The second kappa shape index (κ2) is 10.7. The van der Waals surface area contributed by atoms with Crippen LogP contribution < -0.4 is 10.6 Å². The molecule has 8 nitrogen and oxygen atoms in total. The SMILES string of the molecule is CC1(C(=O)O)CCC(C(=O)NC(CCCCNC(=O)c2c(Cl)cccc2Cl)C(=O)O)C1(C)C. The van der Waals surface area contributed by atoms with Crippen molar-refractivity contribution in [2.45, 2.75) is 58.9 Å². The molecule has 3 atom stereocenters. The highest BCUT2D eigenvalue weighted by Gasteiger charge is 2.58. The predicted octanol–water partition coefficient (Wildman–Crippen LogP) is 3.99. The van der Waals surface area contributed by atoms with Crippen molar-refractivity contribution in [1.29, 1.82) is 0 Å². The third-order valence-electron chi connectivity index (χ3n) is 7.02. The minimum absolute atomic E-state index is 0.174. The average molecular weight is 501 g/mol. The van der Waals surface area contributed by atoms with Gasteiger partial charge in [0.2, 0.25) is 5.91 Å². The van der Waals surface area contributed by atoms with Crippen LogP contribution in [-0.2, 0) is 14.4 Å². The number of hydrogen-bond donors (Lipinski definition) is 4. The van der Waals surface area contributed by atoms with E-state index in [0.717, 1.165) is 0 Å². The Labute approximate surface area is 203 Å². The van der Waals surface area contributed by atoms with Gasteiger partial charge in [-0.25, -0.2) is 4.79 Å². The van der Waals surface area contributed by atoms with Gasteiger partial charge in [-0.2, -0.15) is 0 Å². The molecule has 1 aliphatic carbocycles. The van der Waals surface area contributed by atoms with Gasteiger partial charge in [-0.15, -0.1) is 0 Å². The van der Waals surface area contributed by atoms with Crippen LogP contribution >= 0.6 is 23.2 Å². The molecule has 0 aliphatic heterocycles. The van der Waals surface area contributed by atoms with Gasteiger partial charge in [-0.3, -0.25) is 14.4 Å². The van der Waals surface area contributed by atoms with Crippen molar-refractivity contribution >= 4 is 47.0 Å². The quantitative estimate of drug-likeness (QED) is 0.359. The summed E-state index contributed by atoms with van der Waals surface area (Å²) in [6.45, 7) is 5.39. The first-order valence-corrected chi connectivity index (χ1v) is 11.6. The lowest BCUT2D eigenvalue weighted by Gasteiger charge is -2.38. The van der Waals surface area contributed by atoms with E-state index >= 15 is 0 Å². The highest BCUT2D eigenvalue weighted by Crippen LogP contribution is 2.56. The van der Waals surface area contributed by atoms with E-state index in [0.29, 0.717) is 25.7 Å². The number of carbonyl (C=O) groups excluding carboxylic acids is 2. The van der Waals surface area contributed by atoms with E-state index < -0.39 is 46.5 Å². The number of amides is 2. The van der Waals surface area contributed by atoms with E-state index in [1.807, 2.05) is 0 Å². The Morgan fingerprint density at radius 2 is 1.70 bits per heavy atom. The first-order valence-electron chi connectivity index (χ1n) is 10.8. The fourth-order valence-corrected chi connectivity index (χ4v) is 4.92. The number of halogens is 2. The van der Waals surface area contributed by atoms with Crippen LogP contribution in [0, 0.1) is 16.7 Å². The number of unbranched alkanes of at least 4 members (excludes halogenated alkanes) is 1. The van der Waals surface area contributed by atoms with Crippen molar-refractivity contribution in [3.63, 3.8) is 0 Å². The molecule has 0 saturated heterocycles. The third kappa shape index (κ3) is 5.79. The molecule has 0 bridgehead atoms. The zero-order valence-electron chi connectivity index (χ0n) is 18.9. The summed E-state index contributed by atoms with van der Waals surface area (Å²) in [5, 5.41) is 24.9. The molecule has 1 aromatic rings. The van der Waals surface area contributed by atoms with Crippen molar-refractivity contribution < 1.29 is 29.4 Å². The summed E-state index contributed by atoms with van der Waals surface area (Å²) in [6.07, 6.45) is 1.83. The lowest BCUT2D eigenvalue weighted by molar-refractivity contribution is -0.155. The minimum atomic E-state index is -1.16. The number of carbonyl (C=O) groups is 4. The molecule has 4 N–H and O–H groups in total. The smallest absolute Gasteiger partial charge is 0.326 e. The second-order valence-electron chi connectivity index (χ2n) is 9.20. The first-order chi connectivity index (χ1) is 15.3. The molecule has 0 spiro atoms. The van der Waals surface area contributed by atoms with Crippen LogP contribution in [0.3, 0.4) is 0 Å². The van der Waals surface area contributed by atoms with Crippen LogP contribution in [0.1, 0.15) is 63.2 Å². The largest absolute Gasteiger partial charge is 0.481 e. The Kier molecular flexibility index (Phi) is 8.76. The molecule has 1 saturated carbocycles. The van der Waals surface area contributed by atoms with Gasteiger partial charge >= 0.3 is 11.9 Å². The number of benzene rings is 1. The number of hydrogen-bond acceptors (Lipinski definition) is 4. The number of aliphatic carboxylic acids is 2. The summed E-state index contributed by atoms with van der Waals surface area (Å²) in [6, 6.07) is 3.66. The van der Waals surface area contributed by atoms with E-state index in [9.17, 15) is 29.4 Å². The predicted molar refractivity (Wildman–Crippen MR) is 124 cm³/mol. The van der Waals surface area contributed by atoms with Gasteiger partial charge in [0.15, 0.2) is 0 Å². The Balaban J connectivity index is 1.87. The Hall–Kier alpha value is -2.32. The number of rotatable bonds is 10. The molecule has 2 amide bonds. The molecule has 0 heterocycles. The molecule has 0 radical (unpaired) electrons. The van der Waals surface area contributed by atoms with E-state index in [1.165, 1.54) is 0 Å². The second-order valence-corrected chi connectivity index (χ2v) is 10.0. The third-order valence-corrected chi connectivity index (χ3v) is 7.65. The topological polar surface area (TPSA) is 133 Å². The monoisotopic (exact) mass is 500 g/mol. The number of nitrogens with one attached hydrogen (secondary N) is 2. The lowest BCUT2D eigenvalue weighted by Crippen LogP contribution is -2.49. The number of carboxylic acids is 2. The zero-order chi connectivity index (χ0) is 25.0. The van der Waals surface area contributed by atoms with E-state index in [2.05, 4.69) is 10.6 Å². The summed E-state index contributed by atoms with van der Waals surface area (Å²) < 4.78 is 0. The molecule has 3 unspecified atom stereocenters. The summed E-state index contributed by atoms with van der Waals surface area (Å²) in [4.78, 5) is 48.5. The highest BCUT2D eigenvalue weighted by atomic mass is 35.5. The molecule has 1 fully saturated rings. The number of carboxylic acid groups (broad SMARTS) is 2. The maximum Gasteiger partial charge on any atom is 0.326 e. The molecular formula is C23H30Cl2N2O6. The van der Waals surface area contributed by atoms with E-state index in [4.69, 9.17) is 23.2 Å². The molecule has 0 aromatic heterocycles.